The van der Waals surface area contributed by atoms with Gasteiger partial charge in [-0.1, -0.05) is 361 Å². The number of carbonyl (C=O) groups excluding carboxylic acids is 2. The molecule has 0 aromatic carbocycles. The predicted octanol–water partition coefficient (Wildman–Crippen LogP) is 26.4. The van der Waals surface area contributed by atoms with Gasteiger partial charge in [0.15, 0.2) is 6.10 Å². The fourth-order valence-electron chi connectivity index (χ4n) is 11.3. The molecule has 0 aromatic heterocycles. The molecule has 0 rings (SSSR count). The topological polar surface area (TPSA) is 108 Å². The summed E-state index contributed by atoms with van der Waals surface area (Å²) in [6.07, 6.45) is 105. The molecule has 1 N–H and O–H groups in total. The van der Waals surface area contributed by atoms with E-state index < -0.39 is 26.5 Å². The zero-order valence-electron chi connectivity index (χ0n) is 62.2. The summed E-state index contributed by atoms with van der Waals surface area (Å²) >= 11 is 0. The van der Waals surface area contributed by atoms with Gasteiger partial charge in [0.1, 0.15) is 19.8 Å². The van der Waals surface area contributed by atoms with Crippen molar-refractivity contribution < 1.29 is 42.1 Å². The van der Waals surface area contributed by atoms with E-state index in [2.05, 4.69) is 123 Å². The van der Waals surface area contributed by atoms with Crippen molar-refractivity contribution in [3.05, 3.63) is 109 Å². The number of nitrogens with zero attached hydrogens (tertiary/aromatic N) is 1. The first-order valence-electron chi connectivity index (χ1n) is 39.6. The Bertz CT molecular complexity index is 1960. The SMILES string of the molecule is CC/C=C\C/C=C\C/C=C\C/C=C\C/C=C\CCCCCCCCCCCCCCCCCCCCCC(=O)OC(COC(=O)CCCCCCCCCCCCCCCCCCCCCCCC/C=C\C/C=C\C/C=C\C/C=C\CC)COP(=O)(O)OCC[N+](C)(C)C. The third kappa shape index (κ3) is 77.7. The van der Waals surface area contributed by atoms with Crippen LogP contribution in [0.25, 0.3) is 0 Å². The van der Waals surface area contributed by atoms with Crippen LogP contribution in [0.5, 0.6) is 0 Å². The van der Waals surface area contributed by atoms with E-state index in [1.807, 2.05) is 21.1 Å². The number of phosphoric ester groups is 1. The molecule has 0 fully saturated rings. The lowest BCUT2D eigenvalue weighted by Crippen LogP contribution is -2.37. The number of ether oxygens (including phenoxy) is 2. The van der Waals surface area contributed by atoms with Crippen LogP contribution in [0.2, 0.25) is 0 Å². The molecule has 0 radical (unpaired) electrons. The molecule has 0 aromatic rings. The second-order valence-electron chi connectivity index (χ2n) is 27.7. The number of allylic oxidation sites excluding steroid dienone is 18. The molecule has 0 aliphatic heterocycles. The number of hydrogen-bond acceptors (Lipinski definition) is 7. The quantitative estimate of drug-likeness (QED) is 0.0211. The molecule has 0 bridgehead atoms. The van der Waals surface area contributed by atoms with Gasteiger partial charge in [-0.25, -0.2) is 4.57 Å². The molecule has 10 heteroatoms. The molecule has 2 atom stereocenters. The van der Waals surface area contributed by atoms with Gasteiger partial charge >= 0.3 is 19.8 Å². The summed E-state index contributed by atoms with van der Waals surface area (Å²) < 4.78 is 34.8. The summed E-state index contributed by atoms with van der Waals surface area (Å²) in [5.74, 6) is -0.781. The van der Waals surface area contributed by atoms with Gasteiger partial charge in [-0.3, -0.25) is 18.6 Å². The Balaban J connectivity index is 3.94. The first-order chi connectivity index (χ1) is 46.0. The van der Waals surface area contributed by atoms with Crippen LogP contribution < -0.4 is 0 Å². The number of esters is 2. The van der Waals surface area contributed by atoms with Crippen LogP contribution in [0.3, 0.4) is 0 Å². The van der Waals surface area contributed by atoms with Crippen LogP contribution >= 0.6 is 7.82 Å². The molecular weight excluding hydrogens is 1180 g/mol. The van der Waals surface area contributed by atoms with Crippen molar-refractivity contribution in [3.63, 3.8) is 0 Å². The van der Waals surface area contributed by atoms with Crippen molar-refractivity contribution in [2.45, 2.75) is 367 Å². The molecule has 0 heterocycles. The van der Waals surface area contributed by atoms with Gasteiger partial charge in [0.25, 0.3) is 0 Å². The Kier molecular flexibility index (Phi) is 71.3. The van der Waals surface area contributed by atoms with E-state index in [9.17, 15) is 19.0 Å². The highest BCUT2D eigenvalue weighted by molar-refractivity contribution is 7.47. The average Bonchev–Trinajstić information content (AvgIpc) is 1.68. The summed E-state index contributed by atoms with van der Waals surface area (Å²) in [5.41, 5.74) is 0. The van der Waals surface area contributed by atoms with Crippen LogP contribution in [0, 0.1) is 0 Å². The van der Waals surface area contributed by atoms with E-state index >= 15 is 0 Å². The standard InChI is InChI=1S/C84H150NO8P/c1-6-8-10-12-14-16-18-20-22-24-26-28-30-32-34-36-38-40-42-44-46-48-50-52-54-56-58-60-62-64-66-68-70-72-74-76-83(86)90-80-82(81-92-94(88,89)91-79-78-85(3,4)5)93-84(87)77-75-73-71-69-67-65-63-61-59-57-55-53-51-49-47-45-43-41-39-37-35-33-31-29-27-25-23-21-19-17-15-13-11-9-7-2/h8-11,14-17,20-23,26-29,33,35,82H,6-7,12-13,18-19,24-25,30-32,34,36-81H2,1-5H3/p+1/b10-8-,11-9-,16-14-,17-15-,22-20-,23-21-,28-26-,29-27-,35-33-. The Morgan fingerprint density at radius 3 is 0.851 bits per heavy atom. The Morgan fingerprint density at radius 1 is 0.330 bits per heavy atom. The van der Waals surface area contributed by atoms with E-state index in [-0.39, 0.29) is 25.6 Å². The van der Waals surface area contributed by atoms with E-state index in [0.29, 0.717) is 23.9 Å². The second-order valence-corrected chi connectivity index (χ2v) is 29.1. The van der Waals surface area contributed by atoms with Gasteiger partial charge in [-0.05, 0) is 96.3 Å². The lowest BCUT2D eigenvalue weighted by atomic mass is 10.0. The van der Waals surface area contributed by atoms with Crippen molar-refractivity contribution in [2.24, 2.45) is 0 Å². The lowest BCUT2D eigenvalue weighted by molar-refractivity contribution is -0.870. The number of unbranched alkanes of at least 4 members (excludes halogenated alkanes) is 41. The molecule has 9 nitrogen and oxygen atoms in total. The molecular formula is C84H151NO8P+. The number of quaternary nitrogens is 1. The Morgan fingerprint density at radius 2 is 0.574 bits per heavy atom. The maximum atomic E-state index is 12.9. The molecule has 0 amide bonds. The number of likely N-dealkylation sites (N-methyl/N-ethyl adjacent to an activating group) is 1. The smallest absolute Gasteiger partial charge is 0.462 e. The number of rotatable bonds is 73. The van der Waals surface area contributed by atoms with Crippen LogP contribution in [0.1, 0.15) is 361 Å². The first kappa shape index (κ1) is 90.7. The molecule has 0 saturated heterocycles. The highest BCUT2D eigenvalue weighted by Gasteiger charge is 2.27. The van der Waals surface area contributed by atoms with Gasteiger partial charge in [0, 0.05) is 12.8 Å². The molecule has 94 heavy (non-hydrogen) atoms. The van der Waals surface area contributed by atoms with Crippen molar-refractivity contribution in [2.75, 3.05) is 47.5 Å². The second kappa shape index (κ2) is 73.9. The Hall–Kier alpha value is -3.33. The van der Waals surface area contributed by atoms with Crippen molar-refractivity contribution >= 4 is 19.8 Å². The molecule has 0 aliphatic carbocycles. The molecule has 0 spiro atoms. The number of carbonyl (C=O) groups is 2. The lowest BCUT2D eigenvalue weighted by Gasteiger charge is -2.24. The average molecular weight is 1330 g/mol. The zero-order chi connectivity index (χ0) is 68.3. The van der Waals surface area contributed by atoms with Crippen LogP contribution in [0.4, 0.5) is 0 Å². The summed E-state index contributed by atoms with van der Waals surface area (Å²) in [6, 6.07) is 0. The third-order valence-electron chi connectivity index (χ3n) is 17.3. The van der Waals surface area contributed by atoms with Crippen molar-refractivity contribution in [1.82, 2.24) is 0 Å². The molecule has 544 valence electrons. The van der Waals surface area contributed by atoms with Crippen molar-refractivity contribution in [3.8, 4) is 0 Å². The fraction of sp³-hybridized carbons (Fsp3) is 0.762. The molecule has 0 saturated carbocycles. The van der Waals surface area contributed by atoms with E-state index in [4.69, 9.17) is 18.5 Å². The minimum Gasteiger partial charge on any atom is -0.462 e. The normalized spacial score (nSPS) is 13.6. The van der Waals surface area contributed by atoms with Gasteiger partial charge in [-0.15, -0.1) is 0 Å². The Labute approximate surface area is 582 Å². The molecule has 0 aliphatic rings. The predicted molar refractivity (Wildman–Crippen MR) is 408 cm³/mol. The summed E-state index contributed by atoms with van der Waals surface area (Å²) in [6.45, 7) is 4.26. The maximum absolute atomic E-state index is 12.9. The highest BCUT2D eigenvalue weighted by Crippen LogP contribution is 2.43. The minimum atomic E-state index is -4.40. The number of phosphoric acid groups is 1. The van der Waals surface area contributed by atoms with Crippen LogP contribution in [-0.4, -0.2) is 74.9 Å². The van der Waals surface area contributed by atoms with E-state index in [1.54, 1.807) is 0 Å². The number of hydrogen-bond donors (Lipinski definition) is 1. The minimum absolute atomic E-state index is 0.0313. The third-order valence-corrected chi connectivity index (χ3v) is 18.3. The zero-order valence-corrected chi connectivity index (χ0v) is 63.1. The van der Waals surface area contributed by atoms with Gasteiger partial charge in [0.05, 0.1) is 27.7 Å². The molecule has 2 unspecified atom stereocenters. The van der Waals surface area contributed by atoms with E-state index in [1.165, 1.54) is 238 Å². The largest absolute Gasteiger partial charge is 0.472 e. The summed E-state index contributed by atoms with van der Waals surface area (Å²) in [4.78, 5) is 36.0. The summed E-state index contributed by atoms with van der Waals surface area (Å²) in [5, 5.41) is 0. The van der Waals surface area contributed by atoms with Crippen LogP contribution in [-0.2, 0) is 32.7 Å². The van der Waals surface area contributed by atoms with Gasteiger partial charge in [0.2, 0.25) is 0 Å². The van der Waals surface area contributed by atoms with Crippen molar-refractivity contribution in [1.29, 1.82) is 0 Å². The van der Waals surface area contributed by atoms with Gasteiger partial charge < -0.3 is 18.9 Å². The first-order valence-corrected chi connectivity index (χ1v) is 41.1. The fourth-order valence-corrected chi connectivity index (χ4v) is 12.1. The highest BCUT2D eigenvalue weighted by atomic mass is 31.2. The summed E-state index contributed by atoms with van der Waals surface area (Å²) in [7, 11) is 1.49. The van der Waals surface area contributed by atoms with Crippen LogP contribution in [0.15, 0.2) is 109 Å². The van der Waals surface area contributed by atoms with E-state index in [0.717, 1.165) is 89.9 Å². The van der Waals surface area contributed by atoms with Gasteiger partial charge in [-0.2, -0.15) is 0 Å². The maximum Gasteiger partial charge on any atom is 0.472 e. The monoisotopic (exact) mass is 1330 g/mol.